The van der Waals surface area contributed by atoms with Crippen molar-refractivity contribution >= 4 is 94.4 Å². The largest absolute Gasteiger partial charge is 0.475 e. The number of nitrogens with zero attached hydrogens (tertiary/aromatic N) is 4. The Balaban J connectivity index is 0.891. The van der Waals surface area contributed by atoms with Crippen molar-refractivity contribution in [3.63, 3.8) is 0 Å². The standard InChI is InChI=1S/C41H35BrCl2N4O10S/c1-23-26-19-34(40(49)50)56-31(26)7-5-29(23)46-13-15-48(16-14-46)59(52,53)36-18-25(43)17-28(44)39(36)58-41(51)35-20-27-32(57-35)8-6-30(37(27)42)47-11-9-45(10-12-47)21-24-3-2-4-33-38(24)55-22-54-33/h2-8,17-20H,9-16,21-22H2,1H3,(H,49,50). The summed E-state index contributed by atoms with van der Waals surface area (Å²) in [4.78, 5) is 31.4. The van der Waals surface area contributed by atoms with Gasteiger partial charge in [-0.3, -0.25) is 4.90 Å². The molecule has 59 heavy (non-hydrogen) atoms. The summed E-state index contributed by atoms with van der Waals surface area (Å²) in [6.45, 7) is 6.84. The number of hydrogen-bond acceptors (Lipinski definition) is 12. The zero-order chi connectivity index (χ0) is 41.2. The van der Waals surface area contributed by atoms with Gasteiger partial charge in [0.05, 0.1) is 15.2 Å². The molecule has 0 unspecified atom stereocenters. The lowest BCUT2D eigenvalue weighted by Gasteiger charge is -2.36. The van der Waals surface area contributed by atoms with Crippen LogP contribution < -0.4 is 24.0 Å². The Bertz CT molecular complexity index is 2780. The predicted octanol–water partition coefficient (Wildman–Crippen LogP) is 8.04. The molecular formula is C41H35BrCl2N4O10S. The van der Waals surface area contributed by atoms with Crippen LogP contribution in [0.1, 0.15) is 32.2 Å². The van der Waals surface area contributed by atoms with Crippen LogP contribution in [0.15, 0.2) is 84.9 Å². The van der Waals surface area contributed by atoms with E-state index in [0.29, 0.717) is 35.0 Å². The molecule has 4 aromatic carbocycles. The van der Waals surface area contributed by atoms with Gasteiger partial charge in [0.25, 0.3) is 0 Å². The summed E-state index contributed by atoms with van der Waals surface area (Å²) in [5.41, 5.74) is 4.55. The number of ether oxygens (including phenoxy) is 3. The van der Waals surface area contributed by atoms with Crippen LogP contribution in [-0.2, 0) is 16.6 Å². The summed E-state index contributed by atoms with van der Waals surface area (Å²) in [5.74, 6) is -1.20. The summed E-state index contributed by atoms with van der Waals surface area (Å²) in [7, 11) is -4.27. The number of sulfonamides is 1. The van der Waals surface area contributed by atoms with Gasteiger partial charge in [-0.15, -0.1) is 0 Å². The third-order valence-corrected chi connectivity index (χ3v) is 14.2. The third-order valence-electron chi connectivity index (χ3n) is 10.9. The number of carboxylic acids is 1. The molecule has 1 N–H and O–H groups in total. The normalized spacial score (nSPS) is 16.3. The van der Waals surface area contributed by atoms with Crippen LogP contribution in [0, 0.1) is 6.92 Å². The van der Waals surface area contributed by atoms with Crippen LogP contribution in [-0.4, -0.2) is 93.8 Å². The van der Waals surface area contributed by atoms with Crippen molar-refractivity contribution in [2.24, 2.45) is 0 Å². The van der Waals surface area contributed by atoms with E-state index in [2.05, 4.69) is 31.8 Å². The minimum atomic E-state index is -4.27. The smallest absolute Gasteiger partial charge is 0.379 e. The summed E-state index contributed by atoms with van der Waals surface area (Å²) < 4.78 is 58.8. The zero-order valence-corrected chi connectivity index (χ0v) is 35.3. The lowest BCUT2D eigenvalue weighted by molar-refractivity contribution is 0.0662. The van der Waals surface area contributed by atoms with Crippen molar-refractivity contribution < 1.29 is 46.2 Å². The third kappa shape index (κ3) is 7.35. The number of aryl methyl sites for hydroxylation is 1. The van der Waals surface area contributed by atoms with Crippen LogP contribution >= 0.6 is 39.1 Å². The molecule has 0 amide bonds. The Morgan fingerprint density at radius 2 is 1.47 bits per heavy atom. The van der Waals surface area contributed by atoms with Gasteiger partial charge in [0.1, 0.15) is 16.1 Å². The van der Waals surface area contributed by atoms with Crippen molar-refractivity contribution in [3.8, 4) is 17.2 Å². The Labute approximate surface area is 356 Å². The molecule has 306 valence electrons. The van der Waals surface area contributed by atoms with E-state index in [9.17, 15) is 23.1 Å². The first-order valence-electron chi connectivity index (χ1n) is 18.7. The topological polar surface area (TPSA) is 155 Å². The van der Waals surface area contributed by atoms with Crippen molar-refractivity contribution in [3.05, 3.63) is 104 Å². The van der Waals surface area contributed by atoms with Gasteiger partial charge in [-0.05, 0) is 76.9 Å². The Morgan fingerprint density at radius 1 is 0.814 bits per heavy atom. The van der Waals surface area contributed by atoms with E-state index in [-0.39, 0.29) is 52.1 Å². The molecule has 0 aliphatic carbocycles. The number of anilines is 2. The van der Waals surface area contributed by atoms with Crippen LogP contribution in [0.5, 0.6) is 17.2 Å². The first-order valence-corrected chi connectivity index (χ1v) is 21.6. The number of carboxylic acid groups (broad SMARTS) is 1. The van der Waals surface area contributed by atoms with Gasteiger partial charge >= 0.3 is 11.9 Å². The zero-order valence-electron chi connectivity index (χ0n) is 31.4. The molecule has 0 bridgehead atoms. The van der Waals surface area contributed by atoms with Crippen molar-refractivity contribution in [2.45, 2.75) is 18.4 Å². The summed E-state index contributed by atoms with van der Waals surface area (Å²) in [6, 6.07) is 18.8. The molecule has 5 heterocycles. The Kier molecular flexibility index (Phi) is 10.4. The second kappa shape index (κ2) is 15.6. The van der Waals surface area contributed by atoms with E-state index in [1.807, 2.05) is 36.1 Å². The molecule has 3 aliphatic rings. The first kappa shape index (κ1) is 39.5. The summed E-state index contributed by atoms with van der Waals surface area (Å²) >= 11 is 16.6. The maximum absolute atomic E-state index is 14.2. The van der Waals surface area contributed by atoms with Crippen molar-refractivity contribution in [1.82, 2.24) is 9.21 Å². The minimum absolute atomic E-state index is 0.0463. The van der Waals surface area contributed by atoms with E-state index in [1.54, 1.807) is 18.2 Å². The molecule has 0 radical (unpaired) electrons. The van der Waals surface area contributed by atoms with E-state index >= 15 is 0 Å². The second-order valence-electron chi connectivity index (χ2n) is 14.4. The highest BCUT2D eigenvalue weighted by Gasteiger charge is 2.34. The van der Waals surface area contributed by atoms with Gasteiger partial charge in [-0.2, -0.15) is 4.31 Å². The SMILES string of the molecule is Cc1c(N2CCN(S(=O)(=O)c3cc(Cl)cc(Cl)c3OC(=O)c3cc4c(Br)c(N5CCN(Cc6cccc7c6OCO7)CC5)ccc4o3)CC2)ccc2oc(C(=O)O)cc12. The van der Waals surface area contributed by atoms with E-state index in [0.717, 1.165) is 71.2 Å². The number of furan rings is 2. The number of hydrogen-bond donors (Lipinski definition) is 1. The van der Waals surface area contributed by atoms with Crippen LogP contribution in [0.25, 0.3) is 21.9 Å². The monoisotopic (exact) mass is 924 g/mol. The Hall–Kier alpha value is -4.97. The van der Waals surface area contributed by atoms with Crippen LogP contribution in [0.3, 0.4) is 0 Å². The Morgan fingerprint density at radius 3 is 2.22 bits per heavy atom. The number of piperazine rings is 2. The van der Waals surface area contributed by atoms with Gasteiger partial charge in [0.2, 0.25) is 28.3 Å². The van der Waals surface area contributed by atoms with E-state index in [4.69, 9.17) is 46.2 Å². The fourth-order valence-electron chi connectivity index (χ4n) is 7.88. The second-order valence-corrected chi connectivity index (χ2v) is 17.9. The number of esters is 1. The number of fused-ring (bicyclic) bond motifs is 3. The number of para-hydroxylation sites is 1. The maximum atomic E-state index is 14.2. The molecule has 14 nitrogen and oxygen atoms in total. The molecule has 0 spiro atoms. The van der Waals surface area contributed by atoms with Gasteiger partial charge in [-0.25, -0.2) is 18.0 Å². The number of aromatic carboxylic acids is 1. The molecule has 9 rings (SSSR count). The molecule has 18 heteroatoms. The predicted molar refractivity (Wildman–Crippen MR) is 224 cm³/mol. The van der Waals surface area contributed by atoms with E-state index in [1.165, 1.54) is 22.5 Å². The molecule has 6 aromatic rings. The number of carbonyl (C=O) groups is 2. The average molecular weight is 927 g/mol. The van der Waals surface area contributed by atoms with Gasteiger partial charge in [0.15, 0.2) is 17.2 Å². The number of halogens is 3. The molecule has 2 fully saturated rings. The fourth-order valence-corrected chi connectivity index (χ4v) is 10.8. The average Bonchev–Trinajstić information content (AvgIpc) is 4.00. The summed E-state index contributed by atoms with van der Waals surface area (Å²) in [5, 5.41) is 10.6. The molecule has 0 saturated carbocycles. The summed E-state index contributed by atoms with van der Waals surface area (Å²) in [6.07, 6.45) is 0. The lowest BCUT2D eigenvalue weighted by atomic mass is 10.1. The van der Waals surface area contributed by atoms with E-state index < -0.39 is 22.0 Å². The molecule has 2 aromatic heterocycles. The molecule has 0 atom stereocenters. The fraction of sp³-hybridized carbons (Fsp3) is 0.268. The number of benzene rings is 4. The highest BCUT2D eigenvalue weighted by atomic mass is 79.9. The van der Waals surface area contributed by atoms with Gasteiger partial charge in [0, 0.05) is 92.0 Å². The van der Waals surface area contributed by atoms with Gasteiger partial charge < -0.3 is 38.0 Å². The maximum Gasteiger partial charge on any atom is 0.379 e. The lowest BCUT2D eigenvalue weighted by Crippen LogP contribution is -2.49. The molecule has 2 saturated heterocycles. The molecule has 3 aliphatic heterocycles. The van der Waals surface area contributed by atoms with Crippen LogP contribution in [0.2, 0.25) is 10.0 Å². The quantitative estimate of drug-likeness (QED) is 0.110. The molecular weight excluding hydrogens is 891 g/mol. The van der Waals surface area contributed by atoms with Gasteiger partial charge in [-0.1, -0.05) is 35.3 Å². The van der Waals surface area contributed by atoms with Crippen molar-refractivity contribution in [1.29, 1.82) is 0 Å². The highest BCUT2D eigenvalue weighted by molar-refractivity contribution is 9.10. The van der Waals surface area contributed by atoms with Crippen LogP contribution in [0.4, 0.5) is 11.4 Å². The first-order chi connectivity index (χ1) is 28.3. The minimum Gasteiger partial charge on any atom is -0.475 e. The number of carbonyl (C=O) groups excluding carboxylic acids is 1. The van der Waals surface area contributed by atoms with Crippen molar-refractivity contribution in [2.75, 3.05) is 69.0 Å². The highest BCUT2D eigenvalue weighted by Crippen LogP contribution is 2.41. The number of rotatable bonds is 9.